The molecule has 0 aromatic carbocycles. The second kappa shape index (κ2) is 12.9. The first-order valence-corrected chi connectivity index (χ1v) is 17.2. The third-order valence-electron chi connectivity index (χ3n) is 12.1. The number of aliphatic hydroxyl groups is 2. The summed E-state index contributed by atoms with van der Waals surface area (Å²) in [4.78, 5) is 59.3. The van der Waals surface area contributed by atoms with E-state index in [-0.39, 0.29) is 45.3 Å². The van der Waals surface area contributed by atoms with Crippen molar-refractivity contribution in [2.24, 2.45) is 40.4 Å². The lowest BCUT2D eigenvalue weighted by atomic mass is 9.43. The number of thioether (sulfide) groups is 1. The molecule has 4 aliphatic carbocycles. The Bertz CT molecular complexity index is 1190. The highest BCUT2D eigenvalue weighted by molar-refractivity contribution is 8.00. The molecule has 0 spiro atoms. The lowest BCUT2D eigenvalue weighted by Crippen LogP contribution is -2.63. The maximum atomic E-state index is 13.9. The van der Waals surface area contributed by atoms with Crippen molar-refractivity contribution in [3.05, 3.63) is 0 Å². The van der Waals surface area contributed by atoms with E-state index in [1.54, 1.807) is 6.92 Å². The highest BCUT2D eigenvalue weighted by Gasteiger charge is 2.65. The van der Waals surface area contributed by atoms with Crippen LogP contribution in [0.1, 0.15) is 92.4 Å². The number of carbonyl (C=O) groups excluding carboxylic acids is 2. The van der Waals surface area contributed by atoms with E-state index in [4.69, 9.17) is 20.4 Å². The molecule has 5 aliphatic rings. The lowest BCUT2D eigenvalue weighted by Gasteiger charge is -2.62. The summed E-state index contributed by atoms with van der Waals surface area (Å²) in [6.45, 7) is 13.1. The molecule has 254 valence electrons. The SMILES string of the molecule is CC(=O)[C@H]1CC[C@H]2[C@@H]3CC[C@H]4C[C@H](O)[C@@H](N5CCSC(C)(C)C5)C[C@]4(C)[C@H]3C(=O)C[C@]12C.O=C(O)CC(O)(CC(=O)O)C(=O)O. The van der Waals surface area contributed by atoms with Crippen LogP contribution < -0.4 is 0 Å². The second-order valence-electron chi connectivity index (χ2n) is 15.5. The van der Waals surface area contributed by atoms with Crippen LogP contribution in [0.3, 0.4) is 0 Å². The van der Waals surface area contributed by atoms with Crippen molar-refractivity contribution in [3.63, 3.8) is 0 Å². The van der Waals surface area contributed by atoms with E-state index >= 15 is 0 Å². The van der Waals surface area contributed by atoms with Gasteiger partial charge in [-0.25, -0.2) is 4.79 Å². The highest BCUT2D eigenvalue weighted by Crippen LogP contribution is 2.66. The molecule has 5 fully saturated rings. The minimum atomic E-state index is -2.74. The number of carbonyl (C=O) groups is 5. The molecule has 9 atom stereocenters. The summed E-state index contributed by atoms with van der Waals surface area (Å²) in [6, 6.07) is 0.171. The fourth-order valence-corrected chi connectivity index (χ4v) is 11.3. The first-order valence-electron chi connectivity index (χ1n) is 16.2. The first-order chi connectivity index (χ1) is 20.7. The highest BCUT2D eigenvalue weighted by atomic mass is 32.2. The van der Waals surface area contributed by atoms with E-state index in [2.05, 4.69) is 32.6 Å². The standard InChI is InChI=1S/C27H43NO3S.C6H8O7/c1-16(29)19-8-9-20-18-7-6-17-12-22(30)21(28-10-11-32-25(2,3)15-28)13-26(17,4)24(18)23(31)14-27(19,20)5;7-3(8)1-6(13,5(11)12)2-4(9)10/h17-22,24,30H,6-15H2,1-5H3;13H,1-2H2,(H,7,8)(H,9,10)(H,11,12)/t17-,18-,19+,20-,21-,22-,24+,26-,27+;/m0./s1. The van der Waals surface area contributed by atoms with Gasteiger partial charge in [0, 0.05) is 47.9 Å². The van der Waals surface area contributed by atoms with Gasteiger partial charge in [0.25, 0.3) is 0 Å². The fraction of sp³-hybridized carbons (Fsp3) is 0.848. The van der Waals surface area contributed by atoms with Gasteiger partial charge >= 0.3 is 17.9 Å². The summed E-state index contributed by atoms with van der Waals surface area (Å²) >= 11 is 2.04. The smallest absolute Gasteiger partial charge is 0.336 e. The number of aliphatic carboxylic acids is 3. The van der Waals surface area contributed by atoms with Crippen molar-refractivity contribution in [2.45, 2.75) is 115 Å². The predicted octanol–water partition coefficient (Wildman–Crippen LogP) is 3.33. The quantitative estimate of drug-likeness (QED) is 0.270. The van der Waals surface area contributed by atoms with E-state index in [0.29, 0.717) is 30.0 Å². The van der Waals surface area contributed by atoms with Gasteiger partial charge in [-0.3, -0.25) is 24.1 Å². The van der Waals surface area contributed by atoms with E-state index in [0.717, 1.165) is 57.4 Å². The van der Waals surface area contributed by atoms with Gasteiger partial charge in [0.05, 0.1) is 18.9 Å². The van der Waals surface area contributed by atoms with Gasteiger partial charge in [0.1, 0.15) is 11.6 Å². The number of hydrogen-bond acceptors (Lipinski definition) is 9. The van der Waals surface area contributed by atoms with Gasteiger partial charge in [-0.2, -0.15) is 11.8 Å². The van der Waals surface area contributed by atoms with Crippen LogP contribution in [0.4, 0.5) is 0 Å². The van der Waals surface area contributed by atoms with Crippen LogP contribution in [0.15, 0.2) is 0 Å². The molecule has 0 aromatic rings. The zero-order chi connectivity index (χ0) is 33.7. The zero-order valence-corrected chi connectivity index (χ0v) is 28.0. The van der Waals surface area contributed by atoms with Gasteiger partial charge in [-0.1, -0.05) is 13.8 Å². The number of aliphatic hydroxyl groups excluding tert-OH is 1. The van der Waals surface area contributed by atoms with Gasteiger partial charge in [0.15, 0.2) is 5.60 Å². The summed E-state index contributed by atoms with van der Waals surface area (Å²) in [6.07, 6.45) is 4.14. The lowest BCUT2D eigenvalue weighted by molar-refractivity contribution is -0.170. The van der Waals surface area contributed by atoms with Crippen LogP contribution in [0.25, 0.3) is 0 Å². The number of hydrogen-bond donors (Lipinski definition) is 5. The third-order valence-corrected chi connectivity index (χ3v) is 13.4. The Morgan fingerprint density at radius 3 is 2.11 bits per heavy atom. The molecule has 1 aliphatic heterocycles. The Morgan fingerprint density at radius 2 is 1.58 bits per heavy atom. The number of ketones is 2. The number of Topliss-reactive ketones (excluding diaryl/α,β-unsaturated/α-hetero) is 2. The molecular formula is C33H51NO10S. The number of nitrogens with zero attached hydrogens (tertiary/aromatic N) is 1. The van der Waals surface area contributed by atoms with Gasteiger partial charge in [0.2, 0.25) is 0 Å². The molecule has 11 nitrogen and oxygen atoms in total. The summed E-state index contributed by atoms with van der Waals surface area (Å²) in [5, 5.41) is 45.0. The van der Waals surface area contributed by atoms with Crippen LogP contribution in [0.2, 0.25) is 0 Å². The van der Waals surface area contributed by atoms with Crippen LogP contribution in [0.5, 0.6) is 0 Å². The fourth-order valence-electron chi connectivity index (χ4n) is 10.2. The van der Waals surface area contributed by atoms with Crippen molar-refractivity contribution in [1.82, 2.24) is 4.90 Å². The van der Waals surface area contributed by atoms with Crippen molar-refractivity contribution < 1.29 is 49.5 Å². The summed E-state index contributed by atoms with van der Waals surface area (Å²) in [7, 11) is 0. The first kappa shape index (κ1) is 35.8. The average molecular weight is 654 g/mol. The Balaban J connectivity index is 0.000000302. The molecule has 4 saturated carbocycles. The summed E-state index contributed by atoms with van der Waals surface area (Å²) < 4.78 is 0.221. The molecule has 0 aromatic heterocycles. The number of fused-ring (bicyclic) bond motifs is 5. The van der Waals surface area contributed by atoms with Gasteiger partial charge < -0.3 is 25.5 Å². The molecule has 45 heavy (non-hydrogen) atoms. The molecule has 0 amide bonds. The van der Waals surface area contributed by atoms with E-state index in [1.165, 1.54) is 0 Å². The Morgan fingerprint density at radius 1 is 0.956 bits per heavy atom. The molecule has 1 saturated heterocycles. The maximum absolute atomic E-state index is 13.9. The summed E-state index contributed by atoms with van der Waals surface area (Å²) in [5.41, 5.74) is -2.89. The van der Waals surface area contributed by atoms with Crippen LogP contribution in [-0.4, -0.2) is 101 Å². The van der Waals surface area contributed by atoms with E-state index in [1.807, 2.05) is 11.8 Å². The Kier molecular flexibility index (Phi) is 10.3. The average Bonchev–Trinajstić information content (AvgIpc) is 3.24. The minimum Gasteiger partial charge on any atom is -0.481 e. The molecule has 1 heterocycles. The van der Waals surface area contributed by atoms with Gasteiger partial charge in [-0.15, -0.1) is 0 Å². The van der Waals surface area contributed by atoms with Crippen molar-refractivity contribution in [1.29, 1.82) is 0 Å². The Hall–Kier alpha value is -2.02. The van der Waals surface area contributed by atoms with Crippen LogP contribution >= 0.6 is 11.8 Å². The molecule has 0 unspecified atom stereocenters. The monoisotopic (exact) mass is 653 g/mol. The molecule has 0 bridgehead atoms. The summed E-state index contributed by atoms with van der Waals surface area (Å²) in [5.74, 6) is -1.62. The molecule has 12 heteroatoms. The topological polar surface area (TPSA) is 190 Å². The molecule has 5 N–H and O–H groups in total. The molecular weight excluding hydrogens is 602 g/mol. The van der Waals surface area contributed by atoms with Crippen molar-refractivity contribution >= 4 is 41.2 Å². The minimum absolute atomic E-state index is 0.0196. The van der Waals surface area contributed by atoms with E-state index < -0.39 is 36.4 Å². The third kappa shape index (κ3) is 6.99. The normalized spacial score (nSPS) is 39.4. The van der Waals surface area contributed by atoms with E-state index in [9.17, 15) is 29.1 Å². The van der Waals surface area contributed by atoms with Gasteiger partial charge in [-0.05, 0) is 87.9 Å². The molecule has 0 radical (unpaired) electrons. The number of carboxylic acids is 3. The number of rotatable bonds is 7. The zero-order valence-electron chi connectivity index (χ0n) is 27.2. The largest absolute Gasteiger partial charge is 0.481 e. The van der Waals surface area contributed by atoms with Crippen LogP contribution in [-0.2, 0) is 24.0 Å². The predicted molar refractivity (Wildman–Crippen MR) is 167 cm³/mol. The van der Waals surface area contributed by atoms with Crippen molar-refractivity contribution in [3.8, 4) is 0 Å². The Labute approximate surface area is 269 Å². The molecule has 5 rings (SSSR count). The second-order valence-corrected chi connectivity index (χ2v) is 17.4. The number of carboxylic acid groups (broad SMARTS) is 3. The van der Waals surface area contributed by atoms with Crippen LogP contribution in [0, 0.1) is 40.4 Å². The van der Waals surface area contributed by atoms with Crippen molar-refractivity contribution in [2.75, 3.05) is 18.8 Å². The maximum Gasteiger partial charge on any atom is 0.336 e.